The maximum atomic E-state index is 14.0. The molecular formula is C23H32FN5O5S. The predicted octanol–water partition coefficient (Wildman–Crippen LogP) is 2.38. The minimum atomic E-state index is -1.30. The van der Waals surface area contributed by atoms with Crippen LogP contribution in [0.25, 0.3) is 0 Å². The molecule has 0 bridgehead atoms. The van der Waals surface area contributed by atoms with Crippen molar-refractivity contribution in [2.45, 2.75) is 26.4 Å². The molecule has 1 fully saturated rings. The van der Waals surface area contributed by atoms with Gasteiger partial charge in [0.1, 0.15) is 17.4 Å². The molecule has 1 saturated heterocycles. The summed E-state index contributed by atoms with van der Waals surface area (Å²) >= 11 is 0.793. The van der Waals surface area contributed by atoms with E-state index >= 15 is 0 Å². The molecule has 2 aromatic rings. The van der Waals surface area contributed by atoms with E-state index in [0.29, 0.717) is 6.54 Å². The molecule has 0 radical (unpaired) electrons. The van der Waals surface area contributed by atoms with Crippen LogP contribution < -0.4 is 15.4 Å². The highest BCUT2D eigenvalue weighted by molar-refractivity contribution is 7.11. The zero-order chi connectivity index (χ0) is 25.2. The largest absolute Gasteiger partial charge is 0.477 e. The Bertz CT molecular complexity index is 997. The van der Waals surface area contributed by atoms with Crippen LogP contribution in [0, 0.1) is 12.7 Å². The van der Waals surface area contributed by atoms with Crippen molar-refractivity contribution < 1.29 is 28.9 Å². The number of nitrogens with one attached hydrogen (secondary N) is 2. The van der Waals surface area contributed by atoms with E-state index in [9.17, 15) is 19.1 Å². The molecule has 12 heteroatoms. The van der Waals surface area contributed by atoms with E-state index in [4.69, 9.17) is 9.84 Å². The summed E-state index contributed by atoms with van der Waals surface area (Å²) in [5, 5.41) is 23.9. The summed E-state index contributed by atoms with van der Waals surface area (Å²) in [7, 11) is 0. The highest BCUT2D eigenvalue weighted by atomic mass is 32.1. The van der Waals surface area contributed by atoms with Crippen molar-refractivity contribution in [1.29, 1.82) is 0 Å². The molecule has 2 heterocycles. The van der Waals surface area contributed by atoms with E-state index in [1.54, 1.807) is 19.1 Å². The predicted molar refractivity (Wildman–Crippen MR) is 131 cm³/mol. The van der Waals surface area contributed by atoms with Crippen LogP contribution in [0.15, 0.2) is 18.2 Å². The Morgan fingerprint density at radius 1 is 1.17 bits per heavy atom. The number of nitrogens with zero attached hydrogens (tertiary/aromatic N) is 3. The third-order valence-corrected chi connectivity index (χ3v) is 6.49. The number of aromatic nitrogens is 1. The number of hydrogen-bond acceptors (Lipinski definition) is 8. The summed E-state index contributed by atoms with van der Waals surface area (Å²) < 4.78 is 23.4. The topological polar surface area (TPSA) is 127 Å². The van der Waals surface area contributed by atoms with Crippen molar-refractivity contribution in [3.63, 3.8) is 0 Å². The number of hydrogen-bond donors (Lipinski definition) is 4. The summed E-state index contributed by atoms with van der Waals surface area (Å²) in [6.45, 7) is 7.72. The summed E-state index contributed by atoms with van der Waals surface area (Å²) in [5.41, 5.74) is 0.776. The molecule has 35 heavy (non-hydrogen) atoms. The van der Waals surface area contributed by atoms with Gasteiger partial charge in [0.25, 0.3) is 0 Å². The van der Waals surface area contributed by atoms with Crippen LogP contribution >= 0.6 is 11.5 Å². The van der Waals surface area contributed by atoms with E-state index in [0.717, 1.165) is 69.2 Å². The second-order valence-electron chi connectivity index (χ2n) is 8.38. The van der Waals surface area contributed by atoms with Crippen molar-refractivity contribution in [2.24, 2.45) is 0 Å². The van der Waals surface area contributed by atoms with Gasteiger partial charge in [-0.3, -0.25) is 10.2 Å². The fraction of sp³-hybridized carbons (Fsp3) is 0.522. The van der Waals surface area contributed by atoms with Gasteiger partial charge in [-0.2, -0.15) is 4.37 Å². The zero-order valence-electron chi connectivity index (χ0n) is 19.8. The molecule has 3 rings (SSSR count). The Morgan fingerprint density at radius 3 is 2.54 bits per heavy atom. The monoisotopic (exact) mass is 509 g/mol. The van der Waals surface area contributed by atoms with Gasteiger partial charge in [0, 0.05) is 44.8 Å². The van der Waals surface area contributed by atoms with Crippen molar-refractivity contribution in [2.75, 3.05) is 57.7 Å². The molecule has 0 unspecified atom stereocenters. The van der Waals surface area contributed by atoms with Gasteiger partial charge < -0.3 is 25.2 Å². The fourth-order valence-corrected chi connectivity index (χ4v) is 4.47. The molecule has 4 N–H and O–H groups in total. The number of benzene rings is 1. The number of aliphatic hydroxyl groups is 1. The van der Waals surface area contributed by atoms with E-state index in [1.807, 2.05) is 0 Å². The molecule has 1 aliphatic heterocycles. The molecule has 0 spiro atoms. The summed E-state index contributed by atoms with van der Waals surface area (Å²) in [6, 6.07) is 4.15. The number of ether oxygens (including phenoxy) is 1. The number of carbonyl (C=O) groups excluding carboxylic acids is 1. The van der Waals surface area contributed by atoms with Gasteiger partial charge >= 0.3 is 12.0 Å². The van der Waals surface area contributed by atoms with Crippen LogP contribution in [0.1, 0.15) is 34.3 Å². The number of β-amino-alcohol motifs (C(OH)–C–C–N with tert-alkyl or cyclic N) is 1. The Morgan fingerprint density at radius 2 is 1.89 bits per heavy atom. The van der Waals surface area contributed by atoms with Crippen molar-refractivity contribution in [1.82, 2.24) is 19.5 Å². The number of halogens is 1. The maximum absolute atomic E-state index is 14.0. The van der Waals surface area contributed by atoms with E-state index in [1.165, 1.54) is 6.07 Å². The minimum Gasteiger partial charge on any atom is -0.477 e. The Hall–Kier alpha value is -2.80. The number of aliphatic hydroxyl groups excluding tert-OH is 1. The van der Waals surface area contributed by atoms with Crippen LogP contribution in [0.2, 0.25) is 0 Å². The molecule has 0 atom stereocenters. The fourth-order valence-electron chi connectivity index (χ4n) is 3.75. The van der Waals surface area contributed by atoms with Crippen LogP contribution in [-0.4, -0.2) is 88.8 Å². The molecule has 2 amide bonds. The lowest BCUT2D eigenvalue weighted by atomic mass is 10.1. The van der Waals surface area contributed by atoms with E-state index < -0.39 is 17.8 Å². The number of aromatic carboxylic acids is 1. The smallest absolute Gasteiger partial charge is 0.344 e. The number of carboxylic acids is 1. The SMILES string of the molecule is Cc1ccc(COc2nsc(NC(=O)NCCCCN3CCN(CCO)CC3)c2C(=O)O)c(F)c1. The van der Waals surface area contributed by atoms with Crippen LogP contribution in [-0.2, 0) is 6.61 Å². The third-order valence-electron chi connectivity index (χ3n) is 5.74. The summed E-state index contributed by atoms with van der Waals surface area (Å²) in [4.78, 5) is 28.6. The molecule has 1 aromatic heterocycles. The normalized spacial score (nSPS) is 14.6. The lowest BCUT2D eigenvalue weighted by Gasteiger charge is -2.34. The Labute approximate surface area is 207 Å². The molecule has 10 nitrogen and oxygen atoms in total. The first-order valence-electron chi connectivity index (χ1n) is 11.6. The molecule has 0 aliphatic carbocycles. The Kier molecular flexibility index (Phi) is 10.2. The second kappa shape index (κ2) is 13.3. The first-order valence-corrected chi connectivity index (χ1v) is 12.4. The average Bonchev–Trinajstić information content (AvgIpc) is 3.22. The number of anilines is 1. The van der Waals surface area contributed by atoms with Gasteiger partial charge in [-0.1, -0.05) is 12.1 Å². The molecule has 1 aliphatic rings. The summed E-state index contributed by atoms with van der Waals surface area (Å²) in [6.07, 6.45) is 1.71. The lowest BCUT2D eigenvalue weighted by molar-refractivity contribution is 0.0693. The molecule has 1 aromatic carbocycles. The maximum Gasteiger partial charge on any atom is 0.344 e. The average molecular weight is 510 g/mol. The van der Waals surface area contributed by atoms with E-state index in [-0.39, 0.29) is 35.2 Å². The third kappa shape index (κ3) is 8.13. The second-order valence-corrected chi connectivity index (χ2v) is 9.15. The minimum absolute atomic E-state index is 0.0510. The number of rotatable bonds is 12. The molecule has 0 saturated carbocycles. The van der Waals surface area contributed by atoms with Crippen molar-refractivity contribution >= 4 is 28.5 Å². The molecular weight excluding hydrogens is 477 g/mol. The number of piperazine rings is 1. The standard InChI is InChI=1S/C23H32FN5O5S/c1-16-4-5-17(18(24)14-16)15-34-20-19(22(31)32)21(35-27-20)26-23(33)25-6-2-3-7-28-8-10-29(11-9-28)12-13-30/h4-5,14,30H,2-3,6-13,15H2,1H3,(H,31,32)(H2,25,26,33). The molecule has 192 valence electrons. The quantitative estimate of drug-likeness (QED) is 0.321. The van der Waals surface area contributed by atoms with Crippen LogP contribution in [0.3, 0.4) is 0 Å². The number of urea groups is 1. The zero-order valence-corrected chi connectivity index (χ0v) is 20.6. The number of unbranched alkanes of at least 4 members (excludes halogenated alkanes) is 1. The van der Waals surface area contributed by atoms with Gasteiger partial charge in [0.05, 0.1) is 6.61 Å². The highest BCUT2D eigenvalue weighted by Crippen LogP contribution is 2.31. The van der Waals surface area contributed by atoms with Crippen LogP contribution in [0.5, 0.6) is 5.88 Å². The Balaban J connectivity index is 1.41. The van der Waals surface area contributed by atoms with Gasteiger partial charge in [0.2, 0.25) is 5.88 Å². The first kappa shape index (κ1) is 26.8. The first-order chi connectivity index (χ1) is 16.9. The number of aryl methyl sites for hydroxylation is 1. The van der Waals surface area contributed by atoms with Crippen molar-refractivity contribution in [3.05, 3.63) is 40.7 Å². The number of amides is 2. The van der Waals surface area contributed by atoms with Gasteiger partial charge in [-0.05, 0) is 49.5 Å². The highest BCUT2D eigenvalue weighted by Gasteiger charge is 2.24. The van der Waals surface area contributed by atoms with Crippen molar-refractivity contribution in [3.8, 4) is 5.88 Å². The lowest BCUT2D eigenvalue weighted by Crippen LogP contribution is -2.47. The van der Waals surface area contributed by atoms with Gasteiger partial charge in [-0.25, -0.2) is 14.0 Å². The van der Waals surface area contributed by atoms with E-state index in [2.05, 4.69) is 24.8 Å². The van der Waals surface area contributed by atoms with Gasteiger partial charge in [0.15, 0.2) is 5.56 Å². The van der Waals surface area contributed by atoms with Gasteiger partial charge in [-0.15, -0.1) is 0 Å². The number of carboxylic acid groups (broad SMARTS) is 1. The number of carbonyl (C=O) groups is 2. The summed E-state index contributed by atoms with van der Waals surface area (Å²) in [5.74, 6) is -1.91. The van der Waals surface area contributed by atoms with Crippen LogP contribution in [0.4, 0.5) is 14.2 Å².